The number of rotatable bonds is 11. The summed E-state index contributed by atoms with van der Waals surface area (Å²) in [7, 11) is 0. The van der Waals surface area contributed by atoms with E-state index in [1.165, 1.54) is 32.1 Å². The first kappa shape index (κ1) is 21.5. The van der Waals surface area contributed by atoms with Gasteiger partial charge >= 0.3 is 6.09 Å². The zero-order valence-corrected chi connectivity index (χ0v) is 17.1. The van der Waals surface area contributed by atoms with Gasteiger partial charge in [0.2, 0.25) is 0 Å². The lowest BCUT2D eigenvalue weighted by Gasteiger charge is -2.27. The van der Waals surface area contributed by atoms with Crippen molar-refractivity contribution in [3.63, 3.8) is 0 Å². The van der Waals surface area contributed by atoms with Crippen LogP contribution in [0.25, 0.3) is 0 Å². The van der Waals surface area contributed by atoms with E-state index in [2.05, 4.69) is 18.7 Å². The zero-order valence-electron chi connectivity index (χ0n) is 17.1. The average Bonchev–Trinajstić information content (AvgIpc) is 2.70. The molecule has 0 bridgehead atoms. The molecule has 0 saturated carbocycles. The normalized spacial score (nSPS) is 14.7. The molecule has 0 aromatic heterocycles. The number of piperidine rings is 1. The SMILES string of the molecule is CCCCCOc1cccc(N(CCC)C(=O)OCCN2CCCCC2)c1. The van der Waals surface area contributed by atoms with Gasteiger partial charge in [-0.15, -0.1) is 0 Å². The second-order valence-corrected chi connectivity index (χ2v) is 7.22. The second-order valence-electron chi connectivity index (χ2n) is 7.22. The third-order valence-corrected chi connectivity index (χ3v) is 4.90. The van der Waals surface area contributed by atoms with Gasteiger partial charge in [-0.1, -0.05) is 39.2 Å². The lowest BCUT2D eigenvalue weighted by atomic mass is 10.1. The largest absolute Gasteiger partial charge is 0.494 e. The first-order chi connectivity index (χ1) is 13.2. The summed E-state index contributed by atoms with van der Waals surface area (Å²) in [6, 6.07) is 7.77. The van der Waals surface area contributed by atoms with E-state index in [1.54, 1.807) is 4.90 Å². The fourth-order valence-electron chi connectivity index (χ4n) is 3.36. The quantitative estimate of drug-likeness (QED) is 0.504. The molecule has 1 heterocycles. The molecule has 1 aliphatic rings. The summed E-state index contributed by atoms with van der Waals surface area (Å²) in [5, 5.41) is 0. The second kappa shape index (κ2) is 12.6. The van der Waals surface area contributed by atoms with Gasteiger partial charge in [0.1, 0.15) is 12.4 Å². The molecular weight excluding hydrogens is 340 g/mol. The molecule has 5 nitrogen and oxygen atoms in total. The Morgan fingerprint density at radius 3 is 2.63 bits per heavy atom. The summed E-state index contributed by atoms with van der Waals surface area (Å²) < 4.78 is 11.4. The van der Waals surface area contributed by atoms with Gasteiger partial charge in [-0.3, -0.25) is 9.80 Å². The van der Waals surface area contributed by atoms with Crippen molar-refractivity contribution in [2.75, 3.05) is 44.3 Å². The van der Waals surface area contributed by atoms with Crippen molar-refractivity contribution in [1.29, 1.82) is 0 Å². The van der Waals surface area contributed by atoms with Gasteiger partial charge in [0.05, 0.1) is 12.3 Å². The number of benzene rings is 1. The van der Waals surface area contributed by atoms with Crippen LogP contribution in [0.15, 0.2) is 24.3 Å². The maximum Gasteiger partial charge on any atom is 0.414 e. The number of nitrogens with zero attached hydrogens (tertiary/aromatic N) is 2. The number of carbonyl (C=O) groups excluding carboxylic acids is 1. The number of likely N-dealkylation sites (tertiary alicyclic amines) is 1. The minimum atomic E-state index is -0.267. The molecule has 1 aromatic rings. The molecular formula is C22H36N2O3. The van der Waals surface area contributed by atoms with E-state index in [0.717, 1.165) is 43.9 Å². The highest BCUT2D eigenvalue weighted by molar-refractivity contribution is 5.87. The number of ether oxygens (including phenoxy) is 2. The molecule has 1 aromatic carbocycles. The van der Waals surface area contributed by atoms with Crippen LogP contribution in [0, 0.1) is 0 Å². The van der Waals surface area contributed by atoms with Gasteiger partial charge in [-0.25, -0.2) is 4.79 Å². The molecule has 1 fully saturated rings. The molecule has 0 atom stereocenters. The number of hydrogen-bond acceptors (Lipinski definition) is 4. The highest BCUT2D eigenvalue weighted by Crippen LogP contribution is 2.22. The molecule has 5 heteroatoms. The number of unbranched alkanes of at least 4 members (excludes halogenated alkanes) is 2. The molecule has 1 aliphatic heterocycles. The summed E-state index contributed by atoms with van der Waals surface area (Å²) in [4.78, 5) is 16.7. The highest BCUT2D eigenvalue weighted by atomic mass is 16.6. The van der Waals surface area contributed by atoms with E-state index in [1.807, 2.05) is 24.3 Å². The first-order valence-electron chi connectivity index (χ1n) is 10.6. The summed E-state index contributed by atoms with van der Waals surface area (Å²) in [5.41, 5.74) is 0.841. The summed E-state index contributed by atoms with van der Waals surface area (Å²) in [6.45, 7) is 9.12. The smallest absolute Gasteiger partial charge is 0.414 e. The molecule has 0 radical (unpaired) electrons. The van der Waals surface area contributed by atoms with Crippen molar-refractivity contribution in [3.8, 4) is 5.75 Å². The lowest BCUT2D eigenvalue weighted by Crippen LogP contribution is -2.36. The lowest BCUT2D eigenvalue weighted by molar-refractivity contribution is 0.126. The van der Waals surface area contributed by atoms with Crippen LogP contribution in [-0.2, 0) is 4.74 Å². The van der Waals surface area contributed by atoms with Crippen molar-refractivity contribution >= 4 is 11.8 Å². The fourth-order valence-corrected chi connectivity index (χ4v) is 3.36. The van der Waals surface area contributed by atoms with Crippen molar-refractivity contribution in [2.24, 2.45) is 0 Å². The standard InChI is InChI=1S/C22H36N2O3/c1-3-5-9-17-26-21-12-10-11-20(19-21)24(13-4-2)22(25)27-18-16-23-14-7-6-8-15-23/h10-12,19H,3-9,13-18H2,1-2H3. The monoisotopic (exact) mass is 376 g/mol. The Hall–Kier alpha value is -1.75. The third-order valence-electron chi connectivity index (χ3n) is 4.90. The van der Waals surface area contributed by atoms with Gasteiger partial charge < -0.3 is 9.47 Å². The number of anilines is 1. The summed E-state index contributed by atoms with van der Waals surface area (Å²) in [5.74, 6) is 0.811. The van der Waals surface area contributed by atoms with Crippen LogP contribution in [0.4, 0.5) is 10.5 Å². The van der Waals surface area contributed by atoms with Crippen LogP contribution in [-0.4, -0.2) is 50.4 Å². The molecule has 0 aliphatic carbocycles. The average molecular weight is 377 g/mol. The molecule has 1 saturated heterocycles. The Morgan fingerprint density at radius 1 is 1.07 bits per heavy atom. The maximum atomic E-state index is 12.6. The minimum absolute atomic E-state index is 0.267. The summed E-state index contributed by atoms with van der Waals surface area (Å²) in [6.07, 6.45) is 7.83. The highest BCUT2D eigenvalue weighted by Gasteiger charge is 2.18. The van der Waals surface area contributed by atoms with Gasteiger partial charge in [-0.05, 0) is 50.9 Å². The van der Waals surface area contributed by atoms with Crippen LogP contribution in [0.2, 0.25) is 0 Å². The predicted molar refractivity (Wildman–Crippen MR) is 111 cm³/mol. The van der Waals surface area contributed by atoms with Crippen LogP contribution in [0.3, 0.4) is 0 Å². The van der Waals surface area contributed by atoms with Crippen LogP contribution >= 0.6 is 0 Å². The van der Waals surface area contributed by atoms with E-state index in [-0.39, 0.29) is 6.09 Å². The van der Waals surface area contributed by atoms with E-state index in [4.69, 9.17) is 9.47 Å². The Kier molecular flexibility index (Phi) is 10.1. The number of carbonyl (C=O) groups is 1. The first-order valence-corrected chi connectivity index (χ1v) is 10.6. The predicted octanol–water partition coefficient (Wildman–Crippen LogP) is 5.09. The van der Waals surface area contributed by atoms with Gasteiger partial charge in [0.15, 0.2) is 0 Å². The van der Waals surface area contributed by atoms with Crippen molar-refractivity contribution in [1.82, 2.24) is 4.90 Å². The van der Waals surface area contributed by atoms with Crippen molar-refractivity contribution in [2.45, 2.75) is 58.8 Å². The van der Waals surface area contributed by atoms with Gasteiger partial charge in [0.25, 0.3) is 0 Å². The number of amides is 1. The van der Waals surface area contributed by atoms with Crippen LogP contribution in [0.1, 0.15) is 58.8 Å². The van der Waals surface area contributed by atoms with Crippen LogP contribution in [0.5, 0.6) is 5.75 Å². The maximum absolute atomic E-state index is 12.6. The van der Waals surface area contributed by atoms with Crippen LogP contribution < -0.4 is 9.64 Å². The van der Waals surface area contributed by atoms with E-state index in [0.29, 0.717) is 19.8 Å². The molecule has 0 unspecified atom stereocenters. The van der Waals surface area contributed by atoms with Crippen molar-refractivity contribution in [3.05, 3.63) is 24.3 Å². The molecule has 152 valence electrons. The Bertz CT molecular complexity index is 544. The molecule has 0 spiro atoms. The Morgan fingerprint density at radius 2 is 1.89 bits per heavy atom. The van der Waals surface area contributed by atoms with E-state index >= 15 is 0 Å². The molecule has 27 heavy (non-hydrogen) atoms. The van der Waals surface area contributed by atoms with Gasteiger partial charge in [0, 0.05) is 19.2 Å². The minimum Gasteiger partial charge on any atom is -0.494 e. The Balaban J connectivity index is 1.87. The Labute approximate surface area is 164 Å². The molecule has 1 amide bonds. The van der Waals surface area contributed by atoms with E-state index < -0.39 is 0 Å². The van der Waals surface area contributed by atoms with E-state index in [9.17, 15) is 4.79 Å². The molecule has 2 rings (SSSR count). The molecule has 0 N–H and O–H groups in total. The number of hydrogen-bond donors (Lipinski definition) is 0. The zero-order chi connectivity index (χ0) is 19.3. The van der Waals surface area contributed by atoms with Crippen molar-refractivity contribution < 1.29 is 14.3 Å². The topological polar surface area (TPSA) is 42.0 Å². The summed E-state index contributed by atoms with van der Waals surface area (Å²) >= 11 is 0. The van der Waals surface area contributed by atoms with Gasteiger partial charge in [-0.2, -0.15) is 0 Å². The third kappa shape index (κ3) is 7.79. The fraction of sp³-hybridized carbons (Fsp3) is 0.682.